The molecule has 1 aromatic heterocycles. The fourth-order valence-corrected chi connectivity index (χ4v) is 1.76. The van der Waals surface area contributed by atoms with Crippen LogP contribution in [0, 0.1) is 6.92 Å². The fourth-order valence-electron chi connectivity index (χ4n) is 0.944. The predicted molar refractivity (Wildman–Crippen MR) is 62.0 cm³/mol. The molecule has 0 aliphatic heterocycles. The first-order valence-corrected chi connectivity index (χ1v) is 5.50. The Morgan fingerprint density at radius 3 is 2.53 bits per heavy atom. The molecule has 0 fully saturated rings. The molecular formula is C10H16N2O2S. The molecule has 1 rings (SSSR count). The summed E-state index contributed by atoms with van der Waals surface area (Å²) in [4.78, 5) is 11.6. The Hall–Kier alpha value is -1.07. The topological polar surface area (TPSA) is 55.6 Å². The molecule has 0 bridgehead atoms. The normalized spacial score (nSPS) is 11.3. The van der Waals surface area contributed by atoms with Crippen molar-refractivity contribution in [1.29, 1.82) is 0 Å². The molecule has 0 aliphatic carbocycles. The van der Waals surface area contributed by atoms with Crippen LogP contribution < -0.4 is 10.9 Å². The van der Waals surface area contributed by atoms with Gasteiger partial charge in [0, 0.05) is 0 Å². The number of hydrogen-bond donors (Lipinski definition) is 1. The van der Waals surface area contributed by atoms with Crippen molar-refractivity contribution in [1.82, 2.24) is 0 Å². The summed E-state index contributed by atoms with van der Waals surface area (Å²) in [6, 6.07) is 1.84. The molecule has 0 saturated heterocycles. The van der Waals surface area contributed by atoms with Crippen LogP contribution in [0.5, 0.6) is 0 Å². The number of hydrazine groups is 1. The molecule has 5 heteroatoms. The van der Waals surface area contributed by atoms with Gasteiger partial charge < -0.3 is 4.74 Å². The molecule has 0 radical (unpaired) electrons. The van der Waals surface area contributed by atoms with Gasteiger partial charge in [0.25, 0.3) is 0 Å². The minimum absolute atomic E-state index is 0.527. The molecule has 0 atom stereocenters. The van der Waals surface area contributed by atoms with Crippen LogP contribution in [0.1, 0.15) is 26.3 Å². The summed E-state index contributed by atoms with van der Waals surface area (Å²) in [5.41, 5.74) is 0.551. The lowest BCUT2D eigenvalue weighted by Gasteiger charge is -2.23. The minimum Gasteiger partial charge on any atom is -0.442 e. The van der Waals surface area contributed by atoms with E-state index in [9.17, 15) is 4.79 Å². The van der Waals surface area contributed by atoms with Gasteiger partial charge in [0.2, 0.25) is 0 Å². The molecule has 1 aromatic rings. The van der Waals surface area contributed by atoms with Crippen molar-refractivity contribution in [2.45, 2.75) is 33.3 Å². The van der Waals surface area contributed by atoms with Crippen molar-refractivity contribution >= 4 is 22.4 Å². The molecule has 2 N–H and O–H groups in total. The van der Waals surface area contributed by atoms with Gasteiger partial charge in [-0.15, -0.1) is 11.3 Å². The summed E-state index contributed by atoms with van der Waals surface area (Å²) in [7, 11) is 0. The molecule has 84 valence electrons. The summed E-state index contributed by atoms with van der Waals surface area (Å²) in [5.74, 6) is 5.63. The van der Waals surface area contributed by atoms with Crippen molar-refractivity contribution < 1.29 is 9.53 Å². The van der Waals surface area contributed by atoms with Crippen LogP contribution in [0.25, 0.3) is 0 Å². The first kappa shape index (κ1) is 12.0. The summed E-state index contributed by atoms with van der Waals surface area (Å²) in [5, 5.41) is 3.64. The second kappa shape index (κ2) is 4.20. The number of nitrogens with two attached hydrogens (primary N) is 1. The number of carbonyl (C=O) groups is 1. The van der Waals surface area contributed by atoms with E-state index in [2.05, 4.69) is 0 Å². The Balaban J connectivity index is 2.69. The van der Waals surface area contributed by atoms with Crippen molar-refractivity contribution in [3.8, 4) is 0 Å². The zero-order chi connectivity index (χ0) is 11.6. The van der Waals surface area contributed by atoms with Crippen LogP contribution in [-0.2, 0) is 4.74 Å². The van der Waals surface area contributed by atoms with E-state index >= 15 is 0 Å². The smallest absolute Gasteiger partial charge is 0.430 e. The third-order valence-electron chi connectivity index (χ3n) is 1.54. The largest absolute Gasteiger partial charge is 0.442 e. The highest BCUT2D eigenvalue weighted by Gasteiger charge is 2.21. The van der Waals surface area contributed by atoms with Gasteiger partial charge >= 0.3 is 6.09 Å². The third kappa shape index (κ3) is 3.53. The zero-order valence-corrected chi connectivity index (χ0v) is 10.2. The maximum Gasteiger partial charge on any atom is 0.430 e. The summed E-state index contributed by atoms with van der Waals surface area (Å²) in [6.45, 7) is 7.36. The van der Waals surface area contributed by atoms with Crippen LogP contribution in [0.3, 0.4) is 0 Å². The Kier molecular flexibility index (Phi) is 3.36. The van der Waals surface area contributed by atoms with Crippen molar-refractivity contribution in [2.24, 2.45) is 5.84 Å². The predicted octanol–water partition coefficient (Wildman–Crippen LogP) is 2.67. The monoisotopic (exact) mass is 228 g/mol. The lowest BCUT2D eigenvalue weighted by molar-refractivity contribution is 0.0581. The lowest BCUT2D eigenvalue weighted by Crippen LogP contribution is -2.41. The van der Waals surface area contributed by atoms with Crippen LogP contribution in [-0.4, -0.2) is 11.7 Å². The average molecular weight is 228 g/mol. The van der Waals surface area contributed by atoms with E-state index in [1.165, 1.54) is 11.3 Å². The van der Waals surface area contributed by atoms with Crippen LogP contribution >= 0.6 is 11.3 Å². The molecule has 0 aliphatic rings. The molecule has 1 heterocycles. The van der Waals surface area contributed by atoms with E-state index in [1.54, 1.807) is 20.8 Å². The second-order valence-corrected chi connectivity index (χ2v) is 5.20. The van der Waals surface area contributed by atoms with Gasteiger partial charge in [0.1, 0.15) is 10.6 Å². The second-order valence-electron chi connectivity index (χ2n) is 4.31. The van der Waals surface area contributed by atoms with Crippen molar-refractivity contribution in [3.05, 3.63) is 17.0 Å². The Labute approximate surface area is 93.6 Å². The number of amides is 1. The van der Waals surface area contributed by atoms with Gasteiger partial charge in [-0.3, -0.25) is 0 Å². The SMILES string of the molecule is Cc1csc(N(N)C(=O)OC(C)(C)C)c1. The third-order valence-corrected chi connectivity index (χ3v) is 2.59. The van der Waals surface area contributed by atoms with E-state index in [0.29, 0.717) is 5.00 Å². The summed E-state index contributed by atoms with van der Waals surface area (Å²) < 4.78 is 5.13. The number of ether oxygens (including phenoxy) is 1. The van der Waals surface area contributed by atoms with E-state index in [4.69, 9.17) is 10.6 Å². The highest BCUT2D eigenvalue weighted by molar-refractivity contribution is 7.14. The Morgan fingerprint density at radius 1 is 1.53 bits per heavy atom. The van der Waals surface area contributed by atoms with Gasteiger partial charge in [0.05, 0.1) is 0 Å². The highest BCUT2D eigenvalue weighted by atomic mass is 32.1. The van der Waals surface area contributed by atoms with Gasteiger partial charge in [-0.25, -0.2) is 15.6 Å². The van der Waals surface area contributed by atoms with E-state index in [-0.39, 0.29) is 0 Å². The highest BCUT2D eigenvalue weighted by Crippen LogP contribution is 2.23. The van der Waals surface area contributed by atoms with Crippen molar-refractivity contribution in [2.75, 3.05) is 5.01 Å². The Bertz CT molecular complexity index is 355. The number of rotatable bonds is 1. The minimum atomic E-state index is -0.538. The van der Waals surface area contributed by atoms with Gasteiger partial charge in [-0.2, -0.15) is 0 Å². The van der Waals surface area contributed by atoms with E-state index < -0.39 is 11.7 Å². The molecule has 0 saturated carbocycles. The van der Waals surface area contributed by atoms with Crippen LogP contribution in [0.4, 0.5) is 9.80 Å². The zero-order valence-electron chi connectivity index (χ0n) is 9.40. The molecule has 1 amide bonds. The molecule has 0 spiro atoms. The van der Waals surface area contributed by atoms with Crippen LogP contribution in [0.15, 0.2) is 11.4 Å². The number of carbonyl (C=O) groups excluding carboxylic acids is 1. The summed E-state index contributed by atoms with van der Waals surface area (Å²) in [6.07, 6.45) is -0.538. The standard InChI is InChI=1S/C10H16N2O2S/c1-7-5-8(15-6-7)12(11)9(13)14-10(2,3)4/h5-6H,11H2,1-4H3. The van der Waals surface area contributed by atoms with Gasteiger partial charge in [-0.05, 0) is 44.7 Å². The number of aryl methyl sites for hydroxylation is 1. The number of hydrogen-bond acceptors (Lipinski definition) is 4. The number of nitrogens with zero attached hydrogens (tertiary/aromatic N) is 1. The maximum absolute atomic E-state index is 11.6. The van der Waals surface area contributed by atoms with Crippen molar-refractivity contribution in [3.63, 3.8) is 0 Å². The quantitative estimate of drug-likeness (QED) is 0.457. The first-order chi connectivity index (χ1) is 6.79. The van der Waals surface area contributed by atoms with E-state index in [0.717, 1.165) is 10.6 Å². The molecule has 0 aromatic carbocycles. The first-order valence-electron chi connectivity index (χ1n) is 4.62. The average Bonchev–Trinajstić information content (AvgIpc) is 2.47. The fraction of sp³-hybridized carbons (Fsp3) is 0.500. The lowest BCUT2D eigenvalue weighted by atomic mass is 10.2. The molecule has 0 unspecified atom stereocenters. The number of thiophene rings is 1. The maximum atomic E-state index is 11.6. The van der Waals surface area contributed by atoms with Gasteiger partial charge in [-0.1, -0.05) is 0 Å². The summed E-state index contributed by atoms with van der Waals surface area (Å²) >= 11 is 1.41. The number of anilines is 1. The molecule has 15 heavy (non-hydrogen) atoms. The van der Waals surface area contributed by atoms with Crippen LogP contribution in [0.2, 0.25) is 0 Å². The van der Waals surface area contributed by atoms with Gasteiger partial charge in [0.15, 0.2) is 0 Å². The Morgan fingerprint density at radius 2 is 2.13 bits per heavy atom. The molecule has 4 nitrogen and oxygen atoms in total. The molecular weight excluding hydrogens is 212 g/mol. The van der Waals surface area contributed by atoms with E-state index in [1.807, 2.05) is 18.4 Å².